The molecule has 0 spiro atoms. The fourth-order valence-corrected chi connectivity index (χ4v) is 5.53. The lowest BCUT2D eigenvalue weighted by atomic mass is 9.97. The third-order valence-electron chi connectivity index (χ3n) is 8.73. The number of rotatable bonds is 41. The zero-order valence-electron chi connectivity index (χ0n) is 36.8. The Kier molecular flexibility index (Phi) is 30.8. The highest BCUT2D eigenvalue weighted by atomic mass is 19.4. The topological polar surface area (TPSA) is 145 Å². The van der Waals surface area contributed by atoms with Gasteiger partial charge in [-0.25, -0.2) is 0 Å². The van der Waals surface area contributed by atoms with E-state index < -0.39 is 11.7 Å². The molecule has 3 rings (SSSR count). The summed E-state index contributed by atoms with van der Waals surface area (Å²) in [5.74, 6) is 0.606. The van der Waals surface area contributed by atoms with Gasteiger partial charge in [0.15, 0.2) is 0 Å². The van der Waals surface area contributed by atoms with Crippen LogP contribution in [0.25, 0.3) is 22.3 Å². The molecular weight excluding hydrogens is 833 g/mol. The first-order chi connectivity index (χ1) is 30.9. The molecule has 0 bridgehead atoms. The molecule has 0 unspecified atom stereocenters. The molecule has 0 radical (unpaired) electrons. The van der Waals surface area contributed by atoms with E-state index in [2.05, 4.69) is 10.3 Å². The SMILES string of the molecule is COCCOCCOCCOCCOCCOCCOCCOCCOCCOCCOCCOCCNCc1cc(-c2cc(-c3cccc(C(F)(F)F)c3)ccc2OC)ccn1. The highest BCUT2D eigenvalue weighted by Gasteiger charge is 2.30. The van der Waals surface area contributed by atoms with Gasteiger partial charge in [-0.1, -0.05) is 18.2 Å². The van der Waals surface area contributed by atoms with Crippen LogP contribution in [-0.2, 0) is 69.6 Å². The summed E-state index contributed by atoms with van der Waals surface area (Å²) < 4.78 is 111. The van der Waals surface area contributed by atoms with Gasteiger partial charge < -0.3 is 66.9 Å². The molecule has 3 aromatic rings. The second kappa shape index (κ2) is 35.9. The molecule has 0 atom stereocenters. The normalized spacial score (nSPS) is 11.8. The van der Waals surface area contributed by atoms with Crippen LogP contribution in [0.1, 0.15) is 11.3 Å². The molecule has 1 aromatic heterocycles. The summed E-state index contributed by atoms with van der Waals surface area (Å²) >= 11 is 0. The Labute approximate surface area is 370 Å². The number of benzene rings is 2. The summed E-state index contributed by atoms with van der Waals surface area (Å²) in [5, 5.41) is 3.32. The molecule has 356 valence electrons. The molecule has 1 heterocycles. The number of halogens is 3. The molecular formula is C45H67F3N2O13. The molecule has 0 saturated heterocycles. The summed E-state index contributed by atoms with van der Waals surface area (Å²) in [6.07, 6.45) is -2.72. The number of nitrogens with one attached hydrogen (secondary N) is 1. The summed E-state index contributed by atoms with van der Waals surface area (Å²) in [5.41, 5.74) is 2.81. The van der Waals surface area contributed by atoms with E-state index in [1.807, 2.05) is 18.2 Å². The van der Waals surface area contributed by atoms with Crippen LogP contribution >= 0.6 is 0 Å². The predicted octanol–water partition coefficient (Wildman–Crippen LogP) is 5.36. The van der Waals surface area contributed by atoms with Crippen LogP contribution in [0.15, 0.2) is 60.8 Å². The molecule has 0 saturated carbocycles. The fourth-order valence-electron chi connectivity index (χ4n) is 5.53. The van der Waals surface area contributed by atoms with Gasteiger partial charge in [-0.15, -0.1) is 0 Å². The minimum absolute atomic E-state index is 0.455. The lowest BCUT2D eigenvalue weighted by Crippen LogP contribution is -2.21. The number of ether oxygens (including phenoxy) is 13. The fraction of sp³-hybridized carbons (Fsp3) is 0.622. The van der Waals surface area contributed by atoms with Gasteiger partial charge in [-0.3, -0.25) is 4.98 Å². The van der Waals surface area contributed by atoms with Gasteiger partial charge in [0.1, 0.15) is 5.75 Å². The molecule has 0 aliphatic carbocycles. The van der Waals surface area contributed by atoms with Crippen LogP contribution in [0, 0.1) is 0 Å². The third-order valence-corrected chi connectivity index (χ3v) is 8.73. The molecule has 18 heteroatoms. The molecule has 0 aliphatic rings. The molecule has 1 N–H and O–H groups in total. The van der Waals surface area contributed by atoms with Crippen molar-refractivity contribution < 1.29 is 74.8 Å². The standard InChI is InChI=1S/C45H67F3N2O13/c1-51-12-13-54-16-17-56-20-21-58-24-25-60-28-29-62-32-33-63-31-30-61-27-26-59-23-22-57-19-18-55-15-14-53-11-10-49-37-42-35-40(8-9-50-42)43-36-39(6-7-44(43)52-2)38-4-3-5-41(34-38)45(46,47)48/h3-9,34-36,49H,10-33,37H2,1-2H3. The molecule has 63 heavy (non-hydrogen) atoms. The van der Waals surface area contributed by atoms with Crippen LogP contribution in [0.4, 0.5) is 13.2 Å². The van der Waals surface area contributed by atoms with Crippen molar-refractivity contribution >= 4 is 0 Å². The van der Waals surface area contributed by atoms with Gasteiger partial charge in [0.25, 0.3) is 0 Å². The van der Waals surface area contributed by atoms with E-state index in [-0.39, 0.29) is 0 Å². The predicted molar refractivity (Wildman–Crippen MR) is 229 cm³/mol. The van der Waals surface area contributed by atoms with Gasteiger partial charge in [0, 0.05) is 32.0 Å². The Bertz CT molecular complexity index is 1560. The molecule has 2 aromatic carbocycles. The van der Waals surface area contributed by atoms with E-state index in [1.54, 1.807) is 38.6 Å². The maximum atomic E-state index is 13.3. The van der Waals surface area contributed by atoms with Crippen molar-refractivity contribution in [3.05, 3.63) is 72.1 Å². The van der Waals surface area contributed by atoms with Crippen LogP contribution in [0.3, 0.4) is 0 Å². The summed E-state index contributed by atoms with van der Waals surface area (Å²) in [6, 6.07) is 14.4. The van der Waals surface area contributed by atoms with E-state index in [0.717, 1.165) is 29.0 Å². The molecule has 0 amide bonds. The van der Waals surface area contributed by atoms with E-state index >= 15 is 0 Å². The summed E-state index contributed by atoms with van der Waals surface area (Å²) in [7, 11) is 3.20. The Morgan fingerprint density at radius 3 is 1.32 bits per heavy atom. The van der Waals surface area contributed by atoms with Crippen molar-refractivity contribution in [2.24, 2.45) is 0 Å². The second-order valence-electron chi connectivity index (χ2n) is 13.4. The van der Waals surface area contributed by atoms with Crippen molar-refractivity contribution in [2.75, 3.05) is 173 Å². The number of hydrogen-bond acceptors (Lipinski definition) is 15. The van der Waals surface area contributed by atoms with E-state index in [9.17, 15) is 13.2 Å². The zero-order valence-corrected chi connectivity index (χ0v) is 36.8. The number of alkyl halides is 3. The van der Waals surface area contributed by atoms with Crippen LogP contribution in [0.5, 0.6) is 5.75 Å². The molecule has 15 nitrogen and oxygen atoms in total. The van der Waals surface area contributed by atoms with Crippen molar-refractivity contribution in [3.8, 4) is 28.0 Å². The van der Waals surface area contributed by atoms with Crippen molar-refractivity contribution in [3.63, 3.8) is 0 Å². The van der Waals surface area contributed by atoms with Gasteiger partial charge in [-0.2, -0.15) is 13.2 Å². The number of pyridine rings is 1. The first-order valence-electron chi connectivity index (χ1n) is 21.3. The molecule has 0 aliphatic heterocycles. The Morgan fingerprint density at radius 2 is 0.889 bits per heavy atom. The second-order valence-corrected chi connectivity index (χ2v) is 13.4. The third kappa shape index (κ3) is 26.3. The van der Waals surface area contributed by atoms with Crippen LogP contribution in [-0.4, -0.2) is 178 Å². The van der Waals surface area contributed by atoms with Crippen molar-refractivity contribution in [2.45, 2.75) is 12.7 Å². The van der Waals surface area contributed by atoms with Crippen LogP contribution in [0.2, 0.25) is 0 Å². The number of aromatic nitrogens is 1. The van der Waals surface area contributed by atoms with E-state index in [0.29, 0.717) is 182 Å². The van der Waals surface area contributed by atoms with E-state index in [4.69, 9.17) is 61.6 Å². The number of methoxy groups -OCH3 is 2. The smallest absolute Gasteiger partial charge is 0.416 e. The monoisotopic (exact) mass is 900 g/mol. The van der Waals surface area contributed by atoms with Gasteiger partial charge in [0.2, 0.25) is 0 Å². The maximum absolute atomic E-state index is 13.3. The van der Waals surface area contributed by atoms with Crippen molar-refractivity contribution in [1.82, 2.24) is 10.3 Å². The van der Waals surface area contributed by atoms with Crippen molar-refractivity contribution in [1.29, 1.82) is 0 Å². The first kappa shape index (κ1) is 54.0. The summed E-state index contributed by atoms with van der Waals surface area (Å²) in [4.78, 5) is 4.45. The number of hydrogen-bond donors (Lipinski definition) is 1. The Morgan fingerprint density at radius 1 is 0.460 bits per heavy atom. The summed E-state index contributed by atoms with van der Waals surface area (Å²) in [6.45, 7) is 12.5. The quantitative estimate of drug-likeness (QED) is 0.0730. The lowest BCUT2D eigenvalue weighted by Gasteiger charge is -2.14. The highest BCUT2D eigenvalue weighted by molar-refractivity contribution is 5.78. The first-order valence-corrected chi connectivity index (χ1v) is 21.3. The maximum Gasteiger partial charge on any atom is 0.416 e. The Balaban J connectivity index is 1.04. The van der Waals surface area contributed by atoms with Crippen LogP contribution < -0.4 is 10.1 Å². The minimum Gasteiger partial charge on any atom is -0.496 e. The largest absolute Gasteiger partial charge is 0.496 e. The van der Waals surface area contributed by atoms with E-state index in [1.165, 1.54) is 6.07 Å². The zero-order chi connectivity index (χ0) is 44.9. The van der Waals surface area contributed by atoms with Gasteiger partial charge >= 0.3 is 6.18 Å². The molecule has 0 fully saturated rings. The van der Waals surface area contributed by atoms with Gasteiger partial charge in [0.05, 0.1) is 170 Å². The van der Waals surface area contributed by atoms with Gasteiger partial charge in [-0.05, 0) is 53.1 Å². The average Bonchev–Trinajstić information content (AvgIpc) is 3.29. The Hall–Kier alpha value is -3.34. The highest BCUT2D eigenvalue weighted by Crippen LogP contribution is 2.36. The minimum atomic E-state index is -4.42. The lowest BCUT2D eigenvalue weighted by molar-refractivity contribution is -0.137. The number of nitrogens with zero attached hydrogens (tertiary/aromatic N) is 1. The average molecular weight is 901 g/mol.